The first kappa shape index (κ1) is 65.2. The van der Waals surface area contributed by atoms with Crippen molar-refractivity contribution in [2.75, 3.05) is 40.9 Å². The molecule has 0 aromatic heterocycles. The number of phosphoric acid groups is 1. The highest BCUT2D eigenvalue weighted by Crippen LogP contribution is 2.43. The molecule has 3 unspecified atom stereocenters. The largest absolute Gasteiger partial charge is 0.472 e. The number of carbonyl (C=O) groups excluding carboxylic acids is 1. The SMILES string of the molecule is CCCCCCCCCCCCCCCCCCCCCCCCCCCCCC/C=C/C(O)C(COP(=O)(O)OCC[N+](C)(C)C)NC(=O)CCCCCCCCCCCCCCCC. The molecular formula is C57H116N2O6P+. The molecule has 0 bridgehead atoms. The van der Waals surface area contributed by atoms with E-state index in [-0.39, 0.29) is 19.1 Å². The van der Waals surface area contributed by atoms with Crippen molar-refractivity contribution in [1.82, 2.24) is 5.32 Å². The van der Waals surface area contributed by atoms with Gasteiger partial charge < -0.3 is 19.8 Å². The molecule has 0 saturated heterocycles. The molecule has 0 aliphatic heterocycles. The topological polar surface area (TPSA) is 105 Å². The monoisotopic (exact) mass is 956 g/mol. The quantitative estimate of drug-likeness (QED) is 0.0243. The minimum absolute atomic E-state index is 0.0650. The van der Waals surface area contributed by atoms with Gasteiger partial charge in [0.05, 0.1) is 39.9 Å². The highest BCUT2D eigenvalue weighted by Gasteiger charge is 2.27. The predicted molar refractivity (Wildman–Crippen MR) is 286 cm³/mol. The molecule has 9 heteroatoms. The Labute approximate surface area is 412 Å². The van der Waals surface area contributed by atoms with Gasteiger partial charge in [-0.2, -0.15) is 0 Å². The fourth-order valence-corrected chi connectivity index (χ4v) is 9.66. The van der Waals surface area contributed by atoms with Gasteiger partial charge in [0.2, 0.25) is 5.91 Å². The molecule has 0 spiro atoms. The van der Waals surface area contributed by atoms with Crippen LogP contribution in [0, 0.1) is 0 Å². The molecule has 3 atom stereocenters. The molecular weight excluding hydrogens is 840 g/mol. The Bertz CT molecular complexity index is 1080. The molecule has 3 N–H and O–H groups in total. The Kier molecular flexibility index (Phi) is 48.7. The molecule has 0 aromatic rings. The summed E-state index contributed by atoms with van der Waals surface area (Å²) in [7, 11) is 1.59. The van der Waals surface area contributed by atoms with Crippen molar-refractivity contribution >= 4 is 13.7 Å². The van der Waals surface area contributed by atoms with Gasteiger partial charge in [-0.15, -0.1) is 0 Å². The zero-order valence-electron chi connectivity index (χ0n) is 45.0. The summed E-state index contributed by atoms with van der Waals surface area (Å²) in [5.41, 5.74) is 0. The van der Waals surface area contributed by atoms with Crippen molar-refractivity contribution in [1.29, 1.82) is 0 Å². The Morgan fingerprint density at radius 3 is 1.12 bits per heavy atom. The lowest BCUT2D eigenvalue weighted by atomic mass is 10.0. The van der Waals surface area contributed by atoms with Crippen LogP contribution in [0.3, 0.4) is 0 Å². The van der Waals surface area contributed by atoms with Crippen LogP contribution in [0.4, 0.5) is 0 Å². The van der Waals surface area contributed by atoms with Crippen molar-refractivity contribution < 1.29 is 32.9 Å². The Balaban J connectivity index is 4.07. The summed E-state index contributed by atoms with van der Waals surface area (Å²) in [5.74, 6) is -0.172. The maximum absolute atomic E-state index is 12.9. The number of hydrogen-bond donors (Lipinski definition) is 3. The first-order chi connectivity index (χ1) is 32.0. The van der Waals surface area contributed by atoms with Gasteiger partial charge in [-0.25, -0.2) is 4.57 Å². The van der Waals surface area contributed by atoms with Crippen LogP contribution in [0.1, 0.15) is 296 Å². The van der Waals surface area contributed by atoms with Crippen LogP contribution in [0.15, 0.2) is 12.2 Å². The number of likely N-dealkylation sites (N-methyl/N-ethyl adjacent to an activating group) is 1. The zero-order chi connectivity index (χ0) is 48.5. The third-order valence-electron chi connectivity index (χ3n) is 13.5. The molecule has 0 fully saturated rings. The molecule has 1 amide bonds. The Morgan fingerprint density at radius 2 is 0.803 bits per heavy atom. The fraction of sp³-hybridized carbons (Fsp3) is 0.947. The molecule has 0 heterocycles. The number of quaternary nitrogens is 1. The van der Waals surface area contributed by atoms with Crippen molar-refractivity contribution in [2.45, 2.75) is 309 Å². The number of carbonyl (C=O) groups is 1. The van der Waals surface area contributed by atoms with E-state index in [1.165, 1.54) is 244 Å². The summed E-state index contributed by atoms with van der Waals surface area (Å²) in [6, 6.07) is -0.841. The smallest absolute Gasteiger partial charge is 0.387 e. The average Bonchev–Trinajstić information content (AvgIpc) is 3.28. The summed E-state index contributed by atoms with van der Waals surface area (Å²) >= 11 is 0. The van der Waals surface area contributed by atoms with Crippen LogP contribution in [0.2, 0.25) is 0 Å². The third kappa shape index (κ3) is 51.1. The highest BCUT2D eigenvalue weighted by atomic mass is 31.2. The van der Waals surface area contributed by atoms with Crippen molar-refractivity contribution in [2.24, 2.45) is 0 Å². The van der Waals surface area contributed by atoms with Gasteiger partial charge in [-0.05, 0) is 19.3 Å². The molecule has 394 valence electrons. The summed E-state index contributed by atoms with van der Waals surface area (Å²) in [6.07, 6.45) is 60.4. The van der Waals surface area contributed by atoms with E-state index in [4.69, 9.17) is 9.05 Å². The van der Waals surface area contributed by atoms with E-state index in [0.29, 0.717) is 17.4 Å². The molecule has 0 aliphatic carbocycles. The van der Waals surface area contributed by atoms with Crippen LogP contribution in [-0.2, 0) is 18.4 Å². The number of hydrogen-bond acceptors (Lipinski definition) is 5. The molecule has 0 radical (unpaired) electrons. The first-order valence-electron chi connectivity index (χ1n) is 29.1. The molecule has 0 saturated carbocycles. The van der Waals surface area contributed by atoms with Crippen molar-refractivity contribution in [3.8, 4) is 0 Å². The van der Waals surface area contributed by atoms with Gasteiger partial charge in [0.1, 0.15) is 13.2 Å². The molecule has 0 aromatic carbocycles. The zero-order valence-corrected chi connectivity index (χ0v) is 45.9. The minimum Gasteiger partial charge on any atom is -0.387 e. The van der Waals surface area contributed by atoms with Crippen LogP contribution < -0.4 is 5.32 Å². The van der Waals surface area contributed by atoms with Gasteiger partial charge in [0.25, 0.3) is 0 Å². The van der Waals surface area contributed by atoms with Gasteiger partial charge in [-0.1, -0.05) is 283 Å². The van der Waals surface area contributed by atoms with E-state index < -0.39 is 20.0 Å². The molecule has 66 heavy (non-hydrogen) atoms. The van der Waals surface area contributed by atoms with Crippen molar-refractivity contribution in [3.05, 3.63) is 12.2 Å². The molecule has 8 nitrogen and oxygen atoms in total. The van der Waals surface area contributed by atoms with Crippen LogP contribution >= 0.6 is 7.82 Å². The number of nitrogens with zero attached hydrogens (tertiary/aromatic N) is 1. The number of allylic oxidation sites excluding steroid dienone is 1. The lowest BCUT2D eigenvalue weighted by Crippen LogP contribution is -2.45. The predicted octanol–water partition coefficient (Wildman–Crippen LogP) is 17.4. The fourth-order valence-electron chi connectivity index (χ4n) is 8.93. The van der Waals surface area contributed by atoms with Gasteiger partial charge in [0.15, 0.2) is 0 Å². The second-order valence-corrected chi connectivity index (χ2v) is 22.8. The van der Waals surface area contributed by atoms with Crippen LogP contribution in [0.25, 0.3) is 0 Å². The lowest BCUT2D eigenvalue weighted by molar-refractivity contribution is -0.870. The maximum Gasteiger partial charge on any atom is 0.472 e. The second-order valence-electron chi connectivity index (χ2n) is 21.4. The second kappa shape index (κ2) is 49.2. The van der Waals surface area contributed by atoms with E-state index in [1.807, 2.05) is 27.2 Å². The number of aliphatic hydroxyl groups is 1. The van der Waals surface area contributed by atoms with E-state index in [0.717, 1.165) is 32.1 Å². The summed E-state index contributed by atoms with van der Waals surface area (Å²) in [4.78, 5) is 23.2. The summed E-state index contributed by atoms with van der Waals surface area (Å²) < 4.78 is 23.7. The van der Waals surface area contributed by atoms with Crippen LogP contribution in [0.5, 0.6) is 0 Å². The molecule has 0 rings (SSSR count). The summed E-state index contributed by atoms with van der Waals surface area (Å²) in [5, 5.41) is 13.9. The van der Waals surface area contributed by atoms with E-state index in [2.05, 4.69) is 19.2 Å². The standard InChI is InChI=1S/C57H115N2O6P/c1-6-8-10-12-14-16-18-20-22-23-24-25-26-27-28-29-30-31-32-33-34-35-36-37-38-40-42-44-46-48-50-56(60)55(54-65-66(62,63)64-53-52-59(3,4)5)58-57(61)51-49-47-45-43-41-39-21-19-17-15-13-11-9-7-2/h48,50,55-56,60H,6-47,49,51-54H2,1-5H3,(H-,58,61,62,63)/p+1/b50-48+. The van der Waals surface area contributed by atoms with Gasteiger partial charge >= 0.3 is 7.82 Å². The van der Waals surface area contributed by atoms with Crippen LogP contribution in [-0.4, -0.2) is 73.4 Å². The van der Waals surface area contributed by atoms with Crippen molar-refractivity contribution in [3.63, 3.8) is 0 Å². The Hall–Kier alpha value is -0.760. The molecule has 0 aliphatic rings. The number of unbranched alkanes of at least 4 members (excludes halogenated alkanes) is 41. The van der Waals surface area contributed by atoms with E-state index >= 15 is 0 Å². The van der Waals surface area contributed by atoms with Gasteiger partial charge in [-0.3, -0.25) is 13.8 Å². The first-order valence-corrected chi connectivity index (χ1v) is 30.6. The third-order valence-corrected chi connectivity index (χ3v) is 14.5. The normalized spacial score (nSPS) is 14.0. The summed E-state index contributed by atoms with van der Waals surface area (Å²) in [6.45, 7) is 4.86. The maximum atomic E-state index is 12.9. The lowest BCUT2D eigenvalue weighted by Gasteiger charge is -2.25. The average molecular weight is 957 g/mol. The number of aliphatic hydroxyl groups excluding tert-OH is 1. The number of amides is 1. The number of rotatable bonds is 54. The van der Waals surface area contributed by atoms with E-state index in [1.54, 1.807) is 6.08 Å². The minimum atomic E-state index is -4.34. The Morgan fingerprint density at radius 1 is 0.500 bits per heavy atom. The highest BCUT2D eigenvalue weighted by molar-refractivity contribution is 7.47. The van der Waals surface area contributed by atoms with E-state index in [9.17, 15) is 19.4 Å². The number of phosphoric ester groups is 1. The number of nitrogens with one attached hydrogen (secondary N) is 1. The van der Waals surface area contributed by atoms with Gasteiger partial charge in [0, 0.05) is 6.42 Å².